The first-order valence-electron chi connectivity index (χ1n) is 4.03. The van der Waals surface area contributed by atoms with Gasteiger partial charge in [-0.15, -0.1) is 0 Å². The SMILES string of the molecule is Cc1cc(CC(=O)O)n(C)c1C(=O)O. The molecule has 5 heteroatoms. The predicted molar refractivity (Wildman–Crippen MR) is 48.4 cm³/mol. The number of nitrogens with zero attached hydrogens (tertiary/aromatic N) is 1. The molecule has 1 rings (SSSR count). The average molecular weight is 197 g/mol. The predicted octanol–water partition coefficient (Wildman–Crippen LogP) is 0.659. The van der Waals surface area contributed by atoms with E-state index in [-0.39, 0.29) is 12.1 Å². The Morgan fingerprint density at radius 1 is 1.43 bits per heavy atom. The summed E-state index contributed by atoms with van der Waals surface area (Å²) in [5.74, 6) is -2.01. The van der Waals surface area contributed by atoms with Crippen LogP contribution in [0.3, 0.4) is 0 Å². The Balaban J connectivity index is 3.16. The Kier molecular flexibility index (Phi) is 2.60. The van der Waals surface area contributed by atoms with E-state index in [1.807, 2.05) is 0 Å². The second kappa shape index (κ2) is 3.53. The molecule has 0 aromatic carbocycles. The van der Waals surface area contributed by atoms with Gasteiger partial charge < -0.3 is 14.8 Å². The van der Waals surface area contributed by atoms with Crippen LogP contribution in [0.15, 0.2) is 6.07 Å². The van der Waals surface area contributed by atoms with Crippen molar-refractivity contribution in [2.75, 3.05) is 0 Å². The largest absolute Gasteiger partial charge is 0.481 e. The summed E-state index contributed by atoms with van der Waals surface area (Å²) in [6.45, 7) is 1.65. The minimum absolute atomic E-state index is 0.140. The van der Waals surface area contributed by atoms with Crippen molar-refractivity contribution in [3.63, 3.8) is 0 Å². The molecule has 1 aromatic rings. The normalized spacial score (nSPS) is 10.1. The van der Waals surface area contributed by atoms with Crippen molar-refractivity contribution in [1.82, 2.24) is 4.57 Å². The topological polar surface area (TPSA) is 79.5 Å². The maximum atomic E-state index is 10.8. The molecule has 1 heterocycles. The summed E-state index contributed by atoms with van der Waals surface area (Å²) < 4.78 is 1.39. The second-order valence-electron chi connectivity index (χ2n) is 3.10. The van der Waals surface area contributed by atoms with E-state index in [2.05, 4.69) is 0 Å². The Morgan fingerprint density at radius 2 is 2.00 bits per heavy atom. The van der Waals surface area contributed by atoms with Gasteiger partial charge in [-0.3, -0.25) is 4.79 Å². The Morgan fingerprint density at radius 3 is 2.36 bits per heavy atom. The fourth-order valence-corrected chi connectivity index (χ4v) is 1.46. The zero-order valence-corrected chi connectivity index (χ0v) is 7.94. The smallest absolute Gasteiger partial charge is 0.352 e. The lowest BCUT2D eigenvalue weighted by Crippen LogP contribution is -2.10. The van der Waals surface area contributed by atoms with Gasteiger partial charge in [0, 0.05) is 12.7 Å². The van der Waals surface area contributed by atoms with Crippen LogP contribution >= 0.6 is 0 Å². The minimum Gasteiger partial charge on any atom is -0.481 e. The van der Waals surface area contributed by atoms with Gasteiger partial charge in [0.25, 0.3) is 0 Å². The Hall–Kier alpha value is -1.78. The molecule has 5 nitrogen and oxygen atoms in total. The molecule has 0 atom stereocenters. The zero-order chi connectivity index (χ0) is 10.9. The van der Waals surface area contributed by atoms with Gasteiger partial charge in [0.05, 0.1) is 6.42 Å². The number of carbonyl (C=O) groups is 2. The van der Waals surface area contributed by atoms with Crippen molar-refractivity contribution >= 4 is 11.9 Å². The van der Waals surface area contributed by atoms with Crippen molar-refractivity contribution in [3.8, 4) is 0 Å². The van der Waals surface area contributed by atoms with E-state index in [1.54, 1.807) is 20.0 Å². The third-order valence-electron chi connectivity index (χ3n) is 2.06. The number of carboxylic acids is 2. The van der Waals surface area contributed by atoms with Crippen LogP contribution in [-0.2, 0) is 18.3 Å². The summed E-state index contributed by atoms with van der Waals surface area (Å²) in [4.78, 5) is 21.2. The lowest BCUT2D eigenvalue weighted by atomic mass is 10.2. The number of aromatic carboxylic acids is 1. The van der Waals surface area contributed by atoms with Crippen LogP contribution in [0.4, 0.5) is 0 Å². The number of aryl methyl sites for hydroxylation is 1. The van der Waals surface area contributed by atoms with Crippen molar-refractivity contribution in [3.05, 3.63) is 23.0 Å². The van der Waals surface area contributed by atoms with Gasteiger partial charge in [0.2, 0.25) is 0 Å². The monoisotopic (exact) mass is 197 g/mol. The van der Waals surface area contributed by atoms with E-state index in [0.717, 1.165) is 0 Å². The van der Waals surface area contributed by atoms with Crippen LogP contribution in [0.2, 0.25) is 0 Å². The molecule has 0 fully saturated rings. The molecule has 2 N–H and O–H groups in total. The fraction of sp³-hybridized carbons (Fsp3) is 0.333. The van der Waals surface area contributed by atoms with Gasteiger partial charge in [-0.25, -0.2) is 4.79 Å². The molecule has 14 heavy (non-hydrogen) atoms. The molecule has 0 bridgehead atoms. The highest BCUT2D eigenvalue weighted by atomic mass is 16.4. The van der Waals surface area contributed by atoms with Crippen molar-refractivity contribution in [2.24, 2.45) is 7.05 Å². The number of aromatic nitrogens is 1. The van der Waals surface area contributed by atoms with Gasteiger partial charge >= 0.3 is 11.9 Å². The number of hydrogen-bond donors (Lipinski definition) is 2. The maximum Gasteiger partial charge on any atom is 0.352 e. The third-order valence-corrected chi connectivity index (χ3v) is 2.06. The standard InChI is InChI=1S/C9H11NO4/c1-5-3-6(4-7(11)12)10(2)8(5)9(13)14/h3H,4H2,1-2H3,(H,11,12)(H,13,14). The van der Waals surface area contributed by atoms with Gasteiger partial charge in [0.1, 0.15) is 5.69 Å². The fourth-order valence-electron chi connectivity index (χ4n) is 1.46. The first kappa shape index (κ1) is 10.3. The van der Waals surface area contributed by atoms with E-state index in [0.29, 0.717) is 11.3 Å². The lowest BCUT2D eigenvalue weighted by Gasteiger charge is -2.02. The van der Waals surface area contributed by atoms with Crippen molar-refractivity contribution in [1.29, 1.82) is 0 Å². The van der Waals surface area contributed by atoms with Gasteiger partial charge in [-0.2, -0.15) is 0 Å². The van der Waals surface area contributed by atoms with Crippen LogP contribution in [0.1, 0.15) is 21.7 Å². The van der Waals surface area contributed by atoms with Crippen molar-refractivity contribution in [2.45, 2.75) is 13.3 Å². The van der Waals surface area contributed by atoms with Crippen LogP contribution in [-0.4, -0.2) is 26.7 Å². The number of carboxylic acid groups (broad SMARTS) is 2. The molecule has 0 saturated carbocycles. The lowest BCUT2D eigenvalue weighted by molar-refractivity contribution is -0.136. The van der Waals surface area contributed by atoms with E-state index >= 15 is 0 Å². The molecule has 0 aliphatic rings. The molecule has 0 aliphatic carbocycles. The number of rotatable bonds is 3. The van der Waals surface area contributed by atoms with E-state index in [9.17, 15) is 9.59 Å². The van der Waals surface area contributed by atoms with Crippen LogP contribution in [0, 0.1) is 6.92 Å². The van der Waals surface area contributed by atoms with E-state index in [4.69, 9.17) is 10.2 Å². The second-order valence-corrected chi connectivity index (χ2v) is 3.10. The quantitative estimate of drug-likeness (QED) is 0.745. The molecule has 0 aliphatic heterocycles. The van der Waals surface area contributed by atoms with Gasteiger partial charge in [0.15, 0.2) is 0 Å². The van der Waals surface area contributed by atoms with E-state index < -0.39 is 11.9 Å². The van der Waals surface area contributed by atoms with Gasteiger partial charge in [-0.1, -0.05) is 0 Å². The molecule has 1 aromatic heterocycles. The Bertz CT molecular complexity index is 392. The number of hydrogen-bond acceptors (Lipinski definition) is 2. The van der Waals surface area contributed by atoms with Crippen LogP contribution in [0.5, 0.6) is 0 Å². The third kappa shape index (κ3) is 1.76. The first-order chi connectivity index (χ1) is 6.43. The molecule has 0 unspecified atom stereocenters. The minimum atomic E-state index is -1.04. The summed E-state index contributed by atoms with van der Waals surface area (Å²) in [6, 6.07) is 1.58. The zero-order valence-electron chi connectivity index (χ0n) is 7.94. The summed E-state index contributed by atoms with van der Waals surface area (Å²) in [5, 5.41) is 17.4. The van der Waals surface area contributed by atoms with Crippen molar-refractivity contribution < 1.29 is 19.8 Å². The van der Waals surface area contributed by atoms with Crippen LogP contribution in [0.25, 0.3) is 0 Å². The molecular weight excluding hydrogens is 186 g/mol. The molecule has 0 saturated heterocycles. The van der Waals surface area contributed by atoms with Gasteiger partial charge in [-0.05, 0) is 18.6 Å². The highest BCUT2D eigenvalue weighted by Gasteiger charge is 2.16. The summed E-state index contributed by atoms with van der Waals surface area (Å²) in [5.41, 5.74) is 1.21. The Labute approximate surface area is 80.6 Å². The molecule has 0 radical (unpaired) electrons. The highest BCUT2D eigenvalue weighted by molar-refractivity contribution is 5.88. The highest BCUT2D eigenvalue weighted by Crippen LogP contribution is 2.14. The average Bonchev–Trinajstić information content (AvgIpc) is 2.25. The van der Waals surface area contributed by atoms with Crippen LogP contribution < -0.4 is 0 Å². The summed E-state index contributed by atoms with van der Waals surface area (Å²) in [7, 11) is 1.55. The first-order valence-corrected chi connectivity index (χ1v) is 4.03. The molecular formula is C9H11NO4. The summed E-state index contributed by atoms with van der Waals surface area (Å²) in [6.07, 6.45) is -0.162. The molecule has 0 spiro atoms. The molecule has 76 valence electrons. The maximum absolute atomic E-state index is 10.8. The number of aliphatic carboxylic acids is 1. The van der Waals surface area contributed by atoms with E-state index in [1.165, 1.54) is 4.57 Å². The molecule has 0 amide bonds. The summed E-state index contributed by atoms with van der Waals surface area (Å²) >= 11 is 0.